The lowest BCUT2D eigenvalue weighted by molar-refractivity contribution is 0.199. The van der Waals surface area contributed by atoms with Gasteiger partial charge in [-0.25, -0.2) is 4.39 Å². The molecule has 0 aromatic heterocycles. The Morgan fingerprint density at radius 2 is 2.24 bits per heavy atom. The number of allylic oxidation sites excluding steroid dienone is 1. The van der Waals surface area contributed by atoms with Gasteiger partial charge in [-0.3, -0.25) is 0 Å². The van der Waals surface area contributed by atoms with E-state index in [1.54, 1.807) is 19.1 Å². The van der Waals surface area contributed by atoms with Gasteiger partial charge >= 0.3 is 0 Å². The molecule has 0 bridgehead atoms. The van der Waals surface area contributed by atoms with Gasteiger partial charge in [0, 0.05) is 19.2 Å². The number of rotatable bonds is 6. The first-order valence-corrected chi connectivity index (χ1v) is 5.86. The van der Waals surface area contributed by atoms with Crippen molar-refractivity contribution in [3.63, 3.8) is 0 Å². The molecule has 0 aliphatic heterocycles. The van der Waals surface area contributed by atoms with Gasteiger partial charge in [0.25, 0.3) is 0 Å². The predicted octanol–water partition coefficient (Wildman–Crippen LogP) is 3.28. The molecule has 1 atom stereocenters. The number of para-hydroxylation sites is 1. The SMILES string of the molecule is C=CCCCN(C)c1c(F)cccc1C(C)O. The number of halogens is 1. The molecule has 0 amide bonds. The average Bonchev–Trinajstić information content (AvgIpc) is 2.28. The molecule has 1 rings (SSSR count). The van der Waals surface area contributed by atoms with Crippen LogP contribution in [0.15, 0.2) is 30.9 Å². The Morgan fingerprint density at radius 1 is 1.53 bits per heavy atom. The molecule has 1 aromatic rings. The third kappa shape index (κ3) is 3.56. The van der Waals surface area contributed by atoms with Crippen molar-refractivity contribution in [2.24, 2.45) is 0 Å². The molecule has 17 heavy (non-hydrogen) atoms. The summed E-state index contributed by atoms with van der Waals surface area (Å²) < 4.78 is 13.8. The topological polar surface area (TPSA) is 23.5 Å². The summed E-state index contributed by atoms with van der Waals surface area (Å²) in [7, 11) is 1.84. The molecule has 0 saturated heterocycles. The fourth-order valence-corrected chi connectivity index (χ4v) is 1.86. The lowest BCUT2D eigenvalue weighted by Gasteiger charge is -2.24. The molecule has 1 aromatic carbocycles. The van der Waals surface area contributed by atoms with Crippen molar-refractivity contribution in [1.82, 2.24) is 0 Å². The summed E-state index contributed by atoms with van der Waals surface area (Å²) in [6, 6.07) is 4.80. The molecule has 0 spiro atoms. The van der Waals surface area contributed by atoms with Gasteiger partial charge < -0.3 is 10.0 Å². The molecule has 0 heterocycles. The highest BCUT2D eigenvalue weighted by atomic mass is 19.1. The van der Waals surface area contributed by atoms with Crippen LogP contribution in [0.2, 0.25) is 0 Å². The Morgan fingerprint density at radius 3 is 2.82 bits per heavy atom. The maximum atomic E-state index is 13.8. The number of hydrogen-bond donors (Lipinski definition) is 1. The summed E-state index contributed by atoms with van der Waals surface area (Å²) in [5, 5.41) is 9.64. The number of hydrogen-bond acceptors (Lipinski definition) is 2. The zero-order valence-electron chi connectivity index (χ0n) is 10.5. The van der Waals surface area contributed by atoms with Crippen LogP contribution in [-0.2, 0) is 0 Å². The van der Waals surface area contributed by atoms with Gasteiger partial charge in [-0.1, -0.05) is 18.2 Å². The Bertz CT molecular complexity index is 376. The molecule has 0 radical (unpaired) electrons. The van der Waals surface area contributed by atoms with E-state index >= 15 is 0 Å². The maximum absolute atomic E-state index is 13.8. The van der Waals surface area contributed by atoms with E-state index in [9.17, 15) is 9.50 Å². The monoisotopic (exact) mass is 237 g/mol. The lowest BCUT2D eigenvalue weighted by Crippen LogP contribution is -2.21. The van der Waals surface area contributed by atoms with E-state index in [0.29, 0.717) is 11.3 Å². The third-order valence-electron chi connectivity index (χ3n) is 2.75. The molecular formula is C14H20FNO. The number of nitrogens with zero attached hydrogens (tertiary/aromatic N) is 1. The highest BCUT2D eigenvalue weighted by Crippen LogP contribution is 2.28. The Labute approximate surface area is 102 Å². The van der Waals surface area contributed by atoms with Gasteiger partial charge in [0.1, 0.15) is 5.82 Å². The zero-order chi connectivity index (χ0) is 12.8. The zero-order valence-corrected chi connectivity index (χ0v) is 10.5. The van der Waals surface area contributed by atoms with E-state index in [4.69, 9.17) is 0 Å². The maximum Gasteiger partial charge on any atom is 0.146 e. The summed E-state index contributed by atoms with van der Waals surface area (Å²) >= 11 is 0. The van der Waals surface area contributed by atoms with E-state index in [0.717, 1.165) is 19.4 Å². The van der Waals surface area contributed by atoms with E-state index in [1.807, 2.05) is 18.0 Å². The number of benzene rings is 1. The van der Waals surface area contributed by atoms with Gasteiger partial charge in [-0.2, -0.15) is 0 Å². The highest BCUT2D eigenvalue weighted by molar-refractivity contribution is 5.55. The minimum absolute atomic E-state index is 0.287. The Hall–Kier alpha value is -1.35. The molecule has 94 valence electrons. The number of aliphatic hydroxyl groups excluding tert-OH is 1. The fourth-order valence-electron chi connectivity index (χ4n) is 1.86. The van der Waals surface area contributed by atoms with Crippen LogP contribution in [0.25, 0.3) is 0 Å². The highest BCUT2D eigenvalue weighted by Gasteiger charge is 2.15. The van der Waals surface area contributed by atoms with E-state index in [1.165, 1.54) is 6.07 Å². The summed E-state index contributed by atoms with van der Waals surface area (Å²) in [5.41, 5.74) is 1.12. The van der Waals surface area contributed by atoms with Gasteiger partial charge in [0.05, 0.1) is 11.8 Å². The van der Waals surface area contributed by atoms with Crippen molar-refractivity contribution in [1.29, 1.82) is 0 Å². The van der Waals surface area contributed by atoms with Crippen LogP contribution >= 0.6 is 0 Å². The largest absolute Gasteiger partial charge is 0.389 e. The molecule has 1 N–H and O–H groups in total. The van der Waals surface area contributed by atoms with E-state index in [-0.39, 0.29) is 5.82 Å². The van der Waals surface area contributed by atoms with Crippen LogP contribution in [0.3, 0.4) is 0 Å². The molecule has 2 nitrogen and oxygen atoms in total. The van der Waals surface area contributed by atoms with Gasteiger partial charge in [0.15, 0.2) is 0 Å². The normalized spacial score (nSPS) is 12.2. The van der Waals surface area contributed by atoms with Gasteiger partial charge in [-0.15, -0.1) is 6.58 Å². The summed E-state index contributed by atoms with van der Waals surface area (Å²) in [4.78, 5) is 1.85. The Balaban J connectivity index is 2.90. The smallest absolute Gasteiger partial charge is 0.146 e. The molecule has 1 unspecified atom stereocenters. The molecule has 0 fully saturated rings. The van der Waals surface area contributed by atoms with Crippen LogP contribution in [-0.4, -0.2) is 18.7 Å². The number of anilines is 1. The second kappa shape index (κ2) is 6.40. The van der Waals surface area contributed by atoms with Crippen LogP contribution in [0.4, 0.5) is 10.1 Å². The summed E-state index contributed by atoms with van der Waals surface area (Å²) in [5.74, 6) is -0.287. The second-order valence-corrected chi connectivity index (χ2v) is 4.21. The average molecular weight is 237 g/mol. The quantitative estimate of drug-likeness (QED) is 0.606. The van der Waals surface area contributed by atoms with Crippen LogP contribution in [0.1, 0.15) is 31.4 Å². The second-order valence-electron chi connectivity index (χ2n) is 4.21. The van der Waals surface area contributed by atoms with Crippen molar-refractivity contribution in [2.75, 3.05) is 18.5 Å². The minimum atomic E-state index is -0.664. The Kier molecular flexibility index (Phi) is 5.16. The molecule has 0 aliphatic rings. The molecule has 3 heteroatoms. The first kappa shape index (κ1) is 13.7. The van der Waals surface area contributed by atoms with Gasteiger partial charge in [0.2, 0.25) is 0 Å². The van der Waals surface area contributed by atoms with Gasteiger partial charge in [-0.05, 0) is 25.8 Å². The predicted molar refractivity (Wildman–Crippen MR) is 69.7 cm³/mol. The van der Waals surface area contributed by atoms with Crippen molar-refractivity contribution >= 4 is 5.69 Å². The lowest BCUT2D eigenvalue weighted by atomic mass is 10.1. The van der Waals surface area contributed by atoms with E-state index in [2.05, 4.69) is 6.58 Å². The van der Waals surface area contributed by atoms with Crippen LogP contribution in [0.5, 0.6) is 0 Å². The minimum Gasteiger partial charge on any atom is -0.389 e. The van der Waals surface area contributed by atoms with Crippen molar-refractivity contribution in [3.05, 3.63) is 42.2 Å². The molecule has 0 aliphatic carbocycles. The van der Waals surface area contributed by atoms with Crippen molar-refractivity contribution in [3.8, 4) is 0 Å². The summed E-state index contributed by atoms with van der Waals surface area (Å²) in [6.07, 6.45) is 3.02. The number of aliphatic hydroxyl groups is 1. The van der Waals surface area contributed by atoms with E-state index < -0.39 is 6.10 Å². The summed E-state index contributed by atoms with van der Waals surface area (Å²) in [6.45, 7) is 6.05. The molecular weight excluding hydrogens is 217 g/mol. The number of unbranched alkanes of at least 4 members (excludes halogenated alkanes) is 1. The first-order valence-electron chi connectivity index (χ1n) is 5.86. The van der Waals surface area contributed by atoms with Crippen LogP contribution < -0.4 is 4.90 Å². The standard InChI is InChI=1S/C14H20FNO/c1-4-5-6-10-16(3)14-12(11(2)17)8-7-9-13(14)15/h4,7-9,11,17H,1,5-6,10H2,2-3H3. The van der Waals surface area contributed by atoms with Crippen LogP contribution in [0, 0.1) is 5.82 Å². The molecule has 0 saturated carbocycles. The van der Waals surface area contributed by atoms with Crippen molar-refractivity contribution in [2.45, 2.75) is 25.9 Å². The fraction of sp³-hybridized carbons (Fsp3) is 0.429. The first-order chi connectivity index (χ1) is 8.07. The third-order valence-corrected chi connectivity index (χ3v) is 2.75. The van der Waals surface area contributed by atoms with Crippen molar-refractivity contribution < 1.29 is 9.50 Å².